The molecule has 26 heavy (non-hydrogen) atoms. The van der Waals surface area contributed by atoms with Gasteiger partial charge in [0, 0.05) is 29.7 Å². The Hall–Kier alpha value is -3.42. The third kappa shape index (κ3) is 3.21. The standard InChI is InChI=1S/C18H18N4O4/c1-10(2)16(23)19-11-5-4-6-12(7-11)22-8-13-15(20-21-17(13)24)14(9-22)18(25)26-3/h4-10H,1-3H3,(H,19,23)(H,21,24). The van der Waals surface area contributed by atoms with Crippen LogP contribution in [0.15, 0.2) is 41.5 Å². The van der Waals surface area contributed by atoms with Crippen LogP contribution in [0.2, 0.25) is 0 Å². The van der Waals surface area contributed by atoms with Gasteiger partial charge in [-0.3, -0.25) is 9.59 Å². The Kier molecular flexibility index (Phi) is 4.57. The van der Waals surface area contributed by atoms with Crippen LogP contribution in [0.4, 0.5) is 5.69 Å². The molecule has 2 aliphatic rings. The van der Waals surface area contributed by atoms with E-state index in [4.69, 9.17) is 4.74 Å². The van der Waals surface area contributed by atoms with Crippen molar-refractivity contribution in [2.45, 2.75) is 13.8 Å². The van der Waals surface area contributed by atoms with E-state index in [9.17, 15) is 14.4 Å². The van der Waals surface area contributed by atoms with Crippen LogP contribution < -0.4 is 10.9 Å². The maximum absolute atomic E-state index is 12.1. The second-order valence-corrected chi connectivity index (χ2v) is 6.08. The van der Waals surface area contributed by atoms with Crippen molar-refractivity contribution in [2.24, 2.45) is 5.92 Å². The second kappa shape index (κ2) is 6.83. The van der Waals surface area contributed by atoms with E-state index >= 15 is 0 Å². The maximum atomic E-state index is 12.1. The smallest absolute Gasteiger partial charge is 0.341 e. The minimum atomic E-state index is -0.597. The number of hydrogen-bond acceptors (Lipinski definition) is 5. The molecule has 134 valence electrons. The third-order valence-electron chi connectivity index (χ3n) is 3.90. The fourth-order valence-electron chi connectivity index (χ4n) is 2.48. The molecular weight excluding hydrogens is 336 g/mol. The molecule has 1 amide bonds. The van der Waals surface area contributed by atoms with E-state index in [-0.39, 0.29) is 28.6 Å². The molecule has 2 N–H and O–H groups in total. The topological polar surface area (TPSA) is 106 Å². The van der Waals surface area contributed by atoms with E-state index in [1.807, 2.05) is 0 Å². The average molecular weight is 354 g/mol. The van der Waals surface area contributed by atoms with Crippen molar-refractivity contribution < 1.29 is 14.3 Å². The summed E-state index contributed by atoms with van der Waals surface area (Å²) in [5.41, 5.74) is 1.57. The van der Waals surface area contributed by atoms with Crippen molar-refractivity contribution in [3.8, 4) is 16.9 Å². The third-order valence-corrected chi connectivity index (χ3v) is 3.90. The highest BCUT2D eigenvalue weighted by Crippen LogP contribution is 2.24. The number of anilines is 1. The van der Waals surface area contributed by atoms with Crippen molar-refractivity contribution >= 4 is 17.6 Å². The number of hydrogen-bond donors (Lipinski definition) is 2. The molecule has 0 bridgehead atoms. The molecule has 3 rings (SSSR count). The van der Waals surface area contributed by atoms with E-state index in [1.165, 1.54) is 13.3 Å². The van der Waals surface area contributed by atoms with Gasteiger partial charge in [-0.1, -0.05) is 19.9 Å². The van der Waals surface area contributed by atoms with E-state index < -0.39 is 11.5 Å². The Morgan fingerprint density at radius 1 is 1.27 bits per heavy atom. The summed E-state index contributed by atoms with van der Waals surface area (Å²) < 4.78 is 6.40. The number of benzene rings is 1. The predicted octanol–water partition coefficient (Wildman–Crippen LogP) is 2.05. The Morgan fingerprint density at radius 3 is 2.73 bits per heavy atom. The van der Waals surface area contributed by atoms with Crippen molar-refractivity contribution in [2.75, 3.05) is 12.4 Å². The monoisotopic (exact) mass is 354 g/mol. The molecule has 0 saturated carbocycles. The lowest BCUT2D eigenvalue weighted by atomic mass is 10.1. The summed E-state index contributed by atoms with van der Waals surface area (Å²) in [4.78, 5) is 35.9. The number of nitrogens with one attached hydrogen (secondary N) is 2. The van der Waals surface area contributed by atoms with E-state index in [1.54, 1.807) is 48.9 Å². The molecule has 0 radical (unpaired) electrons. The first-order chi connectivity index (χ1) is 12.4. The van der Waals surface area contributed by atoms with Gasteiger partial charge >= 0.3 is 5.97 Å². The number of amides is 1. The molecule has 0 aromatic heterocycles. The van der Waals surface area contributed by atoms with Crippen molar-refractivity contribution in [3.63, 3.8) is 0 Å². The van der Waals surface area contributed by atoms with Gasteiger partial charge in [0.1, 0.15) is 11.3 Å². The van der Waals surface area contributed by atoms with Crippen LogP contribution in [0.3, 0.4) is 0 Å². The number of nitrogens with zero attached hydrogens (tertiary/aromatic N) is 2. The number of ether oxygens (including phenoxy) is 1. The van der Waals surface area contributed by atoms with Gasteiger partial charge in [-0.25, -0.2) is 9.89 Å². The number of aromatic nitrogens is 3. The van der Waals surface area contributed by atoms with Crippen molar-refractivity contribution in [3.05, 3.63) is 52.6 Å². The molecule has 0 saturated heterocycles. The minimum Gasteiger partial charge on any atom is -0.465 e. The molecule has 0 fully saturated rings. The lowest BCUT2D eigenvalue weighted by Crippen LogP contribution is -2.17. The highest BCUT2D eigenvalue weighted by molar-refractivity contribution is 5.96. The summed E-state index contributed by atoms with van der Waals surface area (Å²) in [6.45, 7) is 3.61. The summed E-state index contributed by atoms with van der Waals surface area (Å²) in [5, 5.41) is 9.05. The highest BCUT2D eigenvalue weighted by atomic mass is 16.5. The average Bonchev–Trinajstić information content (AvgIpc) is 3.01. The number of carbonyl (C=O) groups excluding carboxylic acids is 2. The zero-order chi connectivity index (χ0) is 18.8. The van der Waals surface area contributed by atoms with Gasteiger partial charge in [0.15, 0.2) is 0 Å². The second-order valence-electron chi connectivity index (χ2n) is 6.08. The van der Waals surface area contributed by atoms with E-state index in [0.717, 1.165) is 0 Å². The summed E-state index contributed by atoms with van der Waals surface area (Å²) in [6.07, 6.45) is 3.12. The SMILES string of the molecule is COC(=O)c1cn(-c2cccc(NC(=O)C(C)C)c2)cc2c(=O)[nH]nc1-2. The van der Waals surface area contributed by atoms with Gasteiger partial charge in [0.2, 0.25) is 5.91 Å². The first kappa shape index (κ1) is 17.4. The van der Waals surface area contributed by atoms with E-state index in [0.29, 0.717) is 11.4 Å². The zero-order valence-corrected chi connectivity index (χ0v) is 14.6. The number of H-pyrrole nitrogens is 1. The highest BCUT2D eigenvalue weighted by Gasteiger charge is 2.22. The summed E-state index contributed by atoms with van der Waals surface area (Å²) >= 11 is 0. The molecule has 0 spiro atoms. The van der Waals surface area contributed by atoms with Gasteiger partial charge in [0.25, 0.3) is 5.56 Å². The fourth-order valence-corrected chi connectivity index (χ4v) is 2.48. The largest absolute Gasteiger partial charge is 0.465 e. The number of methoxy groups -OCH3 is 1. The molecule has 0 aliphatic carbocycles. The molecular formula is C18H18N4O4. The predicted molar refractivity (Wildman–Crippen MR) is 95.6 cm³/mol. The van der Waals surface area contributed by atoms with Crippen LogP contribution >= 0.6 is 0 Å². The minimum absolute atomic E-state index is 0.102. The molecule has 0 unspecified atom stereocenters. The molecule has 2 aliphatic heterocycles. The van der Waals surface area contributed by atoms with Gasteiger partial charge in [0.05, 0.1) is 12.7 Å². The molecule has 8 nitrogen and oxygen atoms in total. The first-order valence-electron chi connectivity index (χ1n) is 8.00. The number of fused-ring (bicyclic) bond motifs is 1. The summed E-state index contributed by atoms with van der Waals surface area (Å²) in [6, 6.07) is 7.08. The van der Waals surface area contributed by atoms with Crippen LogP contribution in [0, 0.1) is 5.92 Å². The summed E-state index contributed by atoms with van der Waals surface area (Å²) in [5.74, 6) is -0.850. The Bertz CT molecular complexity index is 1000. The maximum Gasteiger partial charge on any atom is 0.341 e. The van der Waals surface area contributed by atoms with Crippen molar-refractivity contribution in [1.82, 2.24) is 14.8 Å². The Balaban J connectivity index is 2.09. The zero-order valence-electron chi connectivity index (χ0n) is 14.6. The molecule has 1 aromatic carbocycles. The molecule has 1 aromatic rings. The van der Waals surface area contributed by atoms with Crippen LogP contribution in [-0.2, 0) is 9.53 Å². The molecule has 8 heteroatoms. The van der Waals surface area contributed by atoms with Gasteiger partial charge in [-0.2, -0.15) is 5.10 Å². The number of carbonyl (C=O) groups is 2. The number of pyridine rings is 1. The number of esters is 1. The van der Waals surface area contributed by atoms with Gasteiger partial charge < -0.3 is 14.6 Å². The quantitative estimate of drug-likeness (QED) is 0.698. The van der Waals surface area contributed by atoms with Gasteiger partial charge in [-0.05, 0) is 18.2 Å². The number of rotatable bonds is 4. The molecule has 2 heterocycles. The normalized spacial score (nSPS) is 10.9. The van der Waals surface area contributed by atoms with Gasteiger partial charge in [-0.15, -0.1) is 0 Å². The fraction of sp³-hybridized carbons (Fsp3) is 0.222. The van der Waals surface area contributed by atoms with Crippen LogP contribution in [0.5, 0.6) is 0 Å². The van der Waals surface area contributed by atoms with E-state index in [2.05, 4.69) is 15.5 Å². The van der Waals surface area contributed by atoms with Crippen LogP contribution in [0.1, 0.15) is 24.2 Å². The van der Waals surface area contributed by atoms with Crippen molar-refractivity contribution in [1.29, 1.82) is 0 Å². The van der Waals surface area contributed by atoms with Crippen LogP contribution in [0.25, 0.3) is 16.9 Å². The lowest BCUT2D eigenvalue weighted by molar-refractivity contribution is -0.118. The first-order valence-corrected chi connectivity index (χ1v) is 8.00. The Labute approximate surface area is 149 Å². The lowest BCUT2D eigenvalue weighted by Gasteiger charge is -2.14. The number of aromatic amines is 1. The Morgan fingerprint density at radius 2 is 2.04 bits per heavy atom. The molecule has 0 atom stereocenters. The van der Waals surface area contributed by atoms with Crippen LogP contribution in [-0.4, -0.2) is 33.8 Å². The summed E-state index contributed by atoms with van der Waals surface area (Å²) in [7, 11) is 1.26.